The number of amides is 2. The highest BCUT2D eigenvalue weighted by molar-refractivity contribution is 6.30. The molecule has 216 valence electrons. The van der Waals surface area contributed by atoms with Gasteiger partial charge in [0.15, 0.2) is 0 Å². The number of aliphatic hydroxyl groups is 1. The first-order valence-electron chi connectivity index (χ1n) is 14.0. The van der Waals surface area contributed by atoms with E-state index < -0.39 is 0 Å². The van der Waals surface area contributed by atoms with Crippen molar-refractivity contribution in [3.8, 4) is 16.9 Å². The van der Waals surface area contributed by atoms with Crippen LogP contribution in [0.4, 0.5) is 5.69 Å². The van der Waals surface area contributed by atoms with Crippen molar-refractivity contribution in [3.05, 3.63) is 77.5 Å². The quantitative estimate of drug-likeness (QED) is 0.357. The Morgan fingerprint density at radius 3 is 2.81 bits per heavy atom. The number of rotatable bonds is 5. The first kappa shape index (κ1) is 27.8. The molecule has 0 fully saturated rings. The third-order valence-corrected chi connectivity index (χ3v) is 8.16. The fraction of sp³-hybridized carbons (Fsp3) is 0.333. The molecular formula is C30H31ClN8O3. The summed E-state index contributed by atoms with van der Waals surface area (Å²) in [6, 6.07) is 9.06. The van der Waals surface area contributed by atoms with E-state index in [0.717, 1.165) is 34.5 Å². The Morgan fingerprint density at radius 2 is 2.02 bits per heavy atom. The average Bonchev–Trinajstić information content (AvgIpc) is 3.66. The lowest BCUT2D eigenvalue weighted by atomic mass is 9.93. The Morgan fingerprint density at radius 1 is 1.14 bits per heavy atom. The van der Waals surface area contributed by atoms with Crippen LogP contribution in [0.25, 0.3) is 22.5 Å². The molecule has 0 saturated heterocycles. The van der Waals surface area contributed by atoms with Gasteiger partial charge in [0.2, 0.25) is 11.8 Å². The van der Waals surface area contributed by atoms with Crippen LogP contribution in [0.3, 0.4) is 0 Å². The van der Waals surface area contributed by atoms with E-state index in [0.29, 0.717) is 42.2 Å². The highest BCUT2D eigenvalue weighted by Crippen LogP contribution is 2.37. The van der Waals surface area contributed by atoms with E-state index in [2.05, 4.69) is 20.7 Å². The third-order valence-electron chi connectivity index (χ3n) is 7.92. The first-order chi connectivity index (χ1) is 20.4. The van der Waals surface area contributed by atoms with Gasteiger partial charge in [-0.2, -0.15) is 5.10 Å². The fourth-order valence-electron chi connectivity index (χ4n) is 5.77. The van der Waals surface area contributed by atoms with Crippen LogP contribution in [0, 0.1) is 5.92 Å². The molecule has 2 atom stereocenters. The highest BCUT2D eigenvalue weighted by Gasteiger charge is 2.31. The maximum absolute atomic E-state index is 13.8. The molecule has 6 rings (SSSR count). The fourth-order valence-corrected chi connectivity index (χ4v) is 5.94. The van der Waals surface area contributed by atoms with Gasteiger partial charge in [0.05, 0.1) is 60.5 Å². The van der Waals surface area contributed by atoms with E-state index in [1.807, 2.05) is 36.1 Å². The van der Waals surface area contributed by atoms with E-state index in [4.69, 9.17) is 16.6 Å². The van der Waals surface area contributed by atoms with E-state index in [9.17, 15) is 14.7 Å². The van der Waals surface area contributed by atoms with Crippen molar-refractivity contribution < 1.29 is 14.7 Å². The molecule has 42 heavy (non-hydrogen) atoms. The summed E-state index contributed by atoms with van der Waals surface area (Å²) in [5, 5.41) is 25.7. The number of aliphatic hydroxyl groups excluding tert-OH is 1. The summed E-state index contributed by atoms with van der Waals surface area (Å²) in [5.74, 6) is -0.425. The lowest BCUT2D eigenvalue weighted by Crippen LogP contribution is -2.38. The van der Waals surface area contributed by atoms with E-state index in [1.54, 1.807) is 46.3 Å². The highest BCUT2D eigenvalue weighted by atomic mass is 35.5. The minimum absolute atomic E-state index is 0.0856. The molecule has 2 aliphatic rings. The van der Waals surface area contributed by atoms with Crippen LogP contribution in [-0.2, 0) is 16.1 Å². The number of fused-ring (bicyclic) bond motifs is 4. The van der Waals surface area contributed by atoms with E-state index in [-0.39, 0.29) is 36.9 Å². The van der Waals surface area contributed by atoms with E-state index >= 15 is 0 Å². The number of halogens is 1. The van der Waals surface area contributed by atoms with Crippen LogP contribution < -0.4 is 5.32 Å². The zero-order valence-corrected chi connectivity index (χ0v) is 23.9. The molecule has 2 unspecified atom stereocenters. The zero-order valence-electron chi connectivity index (χ0n) is 23.2. The minimum Gasteiger partial charge on any atom is -0.394 e. The number of anilines is 1. The Labute approximate surface area is 247 Å². The molecule has 3 aromatic heterocycles. The number of nitrogens with zero attached hydrogens (tertiary/aromatic N) is 7. The van der Waals surface area contributed by atoms with Crippen LogP contribution >= 0.6 is 11.6 Å². The number of pyridine rings is 1. The molecule has 2 aliphatic heterocycles. The van der Waals surface area contributed by atoms with Gasteiger partial charge in [0.1, 0.15) is 0 Å². The predicted octanol–water partition coefficient (Wildman–Crippen LogP) is 4.29. The molecule has 0 radical (unpaired) electrons. The first-order valence-corrected chi connectivity index (χ1v) is 14.4. The number of benzene rings is 1. The zero-order chi connectivity index (χ0) is 29.2. The van der Waals surface area contributed by atoms with Gasteiger partial charge < -0.3 is 15.3 Å². The summed E-state index contributed by atoms with van der Waals surface area (Å²) < 4.78 is 3.34. The maximum Gasteiger partial charge on any atom is 0.247 e. The van der Waals surface area contributed by atoms with Crippen molar-refractivity contribution in [3.63, 3.8) is 0 Å². The molecule has 2 amide bonds. The summed E-state index contributed by atoms with van der Waals surface area (Å²) in [6.45, 7) is 2.58. The lowest BCUT2D eigenvalue weighted by Gasteiger charge is -2.34. The van der Waals surface area contributed by atoms with Crippen molar-refractivity contribution in [2.45, 2.75) is 45.2 Å². The van der Waals surface area contributed by atoms with Gasteiger partial charge in [-0.15, -0.1) is 5.10 Å². The number of carbonyl (C=O) groups excluding carboxylic acids is 2. The van der Waals surface area contributed by atoms with Crippen molar-refractivity contribution in [1.82, 2.24) is 34.7 Å². The number of carbonyl (C=O) groups is 2. The average molecular weight is 587 g/mol. The SMILES string of the molecule is CC1CCCC(N2CCC(c3cc(Cl)ccc3-n3ccnn3)=CC2=O)c2cc(ccn2)-c2c(cnn2CCO)NC1=O. The molecule has 2 N–H and O–H groups in total. The minimum atomic E-state index is -0.281. The standard InChI is InChI=1S/C30H31ClN8O3/c1-19-3-2-4-27(24-15-21(7-9-32-24)29-25(35-30(19)42)18-34-39(29)13-14-40)37-11-8-20(16-28(37)41)23-17-22(31)5-6-26(23)38-12-10-33-36-38/h5-7,9-10,12,15-19,27,40H,2-4,8,11,13-14H2,1H3,(H,35,42). The number of hydrogen-bond acceptors (Lipinski definition) is 7. The molecule has 0 aliphatic carbocycles. The number of hydrogen-bond donors (Lipinski definition) is 2. The molecule has 4 aromatic rings. The van der Waals surface area contributed by atoms with Gasteiger partial charge in [0, 0.05) is 40.9 Å². The van der Waals surface area contributed by atoms with Crippen molar-refractivity contribution in [2.24, 2.45) is 5.92 Å². The Bertz CT molecular complexity index is 1650. The van der Waals surface area contributed by atoms with Crippen LogP contribution in [0.15, 0.2) is 61.2 Å². The summed E-state index contributed by atoms with van der Waals surface area (Å²) in [6.07, 6.45) is 11.1. The van der Waals surface area contributed by atoms with Gasteiger partial charge >= 0.3 is 0 Å². The molecule has 12 heteroatoms. The van der Waals surface area contributed by atoms with E-state index in [1.165, 1.54) is 0 Å². The Balaban J connectivity index is 1.37. The number of nitrogens with one attached hydrogen (secondary N) is 1. The Kier molecular flexibility index (Phi) is 7.86. The second-order valence-corrected chi connectivity index (χ2v) is 11.1. The molecule has 1 aromatic carbocycles. The number of aromatic nitrogens is 6. The normalized spacial score (nSPS) is 19.4. The maximum atomic E-state index is 13.8. The second kappa shape index (κ2) is 11.9. The van der Waals surface area contributed by atoms with Gasteiger partial charge in [-0.05, 0) is 55.2 Å². The largest absolute Gasteiger partial charge is 0.394 e. The molecule has 0 saturated carbocycles. The predicted molar refractivity (Wildman–Crippen MR) is 158 cm³/mol. The Hall–Kier alpha value is -4.35. The van der Waals surface area contributed by atoms with Gasteiger partial charge in [-0.1, -0.05) is 30.2 Å². The van der Waals surface area contributed by atoms with Crippen molar-refractivity contribution >= 4 is 34.7 Å². The third kappa shape index (κ3) is 5.45. The van der Waals surface area contributed by atoms with Crippen LogP contribution in [-0.4, -0.2) is 64.7 Å². The smallest absolute Gasteiger partial charge is 0.247 e. The molecule has 11 nitrogen and oxygen atoms in total. The van der Waals surface area contributed by atoms with Crippen molar-refractivity contribution in [1.29, 1.82) is 0 Å². The van der Waals surface area contributed by atoms with Crippen LogP contribution in [0.2, 0.25) is 5.02 Å². The van der Waals surface area contributed by atoms with Crippen molar-refractivity contribution in [2.75, 3.05) is 18.5 Å². The summed E-state index contributed by atoms with van der Waals surface area (Å²) >= 11 is 6.37. The summed E-state index contributed by atoms with van der Waals surface area (Å²) in [4.78, 5) is 33.4. The molecular weight excluding hydrogens is 556 g/mol. The second-order valence-electron chi connectivity index (χ2n) is 10.6. The molecule has 5 heterocycles. The topological polar surface area (TPSA) is 131 Å². The van der Waals surface area contributed by atoms with Crippen LogP contribution in [0.1, 0.15) is 49.9 Å². The van der Waals surface area contributed by atoms with Gasteiger partial charge in [0.25, 0.3) is 0 Å². The van der Waals surface area contributed by atoms with Crippen LogP contribution in [0.5, 0.6) is 0 Å². The molecule has 2 bridgehead atoms. The van der Waals surface area contributed by atoms with Gasteiger partial charge in [-0.25, -0.2) is 4.68 Å². The summed E-state index contributed by atoms with van der Waals surface area (Å²) in [7, 11) is 0. The van der Waals surface area contributed by atoms with Gasteiger partial charge in [-0.3, -0.25) is 19.3 Å². The summed E-state index contributed by atoms with van der Waals surface area (Å²) in [5.41, 5.74) is 5.36. The molecule has 0 spiro atoms. The lowest BCUT2D eigenvalue weighted by molar-refractivity contribution is -0.129. The monoisotopic (exact) mass is 586 g/mol.